The van der Waals surface area contributed by atoms with Crippen molar-refractivity contribution in [2.45, 2.75) is 19.5 Å². The number of alkyl halides is 3. The van der Waals surface area contributed by atoms with Crippen LogP contribution in [0, 0.1) is 6.92 Å². The van der Waals surface area contributed by atoms with E-state index in [9.17, 15) is 27.6 Å². The average Bonchev–Trinajstić information content (AvgIpc) is 3.24. The van der Waals surface area contributed by atoms with Crippen molar-refractivity contribution in [3.8, 4) is 5.69 Å². The molecule has 0 spiro atoms. The highest BCUT2D eigenvalue weighted by Gasteiger charge is 2.33. The Morgan fingerprint density at radius 2 is 1.64 bits per heavy atom. The molecule has 0 radical (unpaired) electrons. The first-order valence-corrected chi connectivity index (χ1v) is 10.7. The maximum atomic E-state index is 13.3. The summed E-state index contributed by atoms with van der Waals surface area (Å²) in [4.78, 5) is 36.5. The number of Topliss-reactive ketones (excluding diaryl/α,β-unsaturated/α-hetero) is 1. The standard InChI is InChI=1S/C26H20F3N3O4/c1-15-11-20(31-25(35)36)21(13-19(15)26(27,28)29)30-24(34)14-23(33)17-6-4-7-18(12-17)32-10-9-16-5-2-3-8-22(16)32/h2-13,31H,14H2,1H3,(H,30,34)(H,35,36). The summed E-state index contributed by atoms with van der Waals surface area (Å²) in [5.74, 6) is -1.44. The number of nitrogens with one attached hydrogen (secondary N) is 2. The van der Waals surface area contributed by atoms with E-state index in [0.717, 1.165) is 17.0 Å². The fraction of sp³-hybridized carbons (Fsp3) is 0.115. The van der Waals surface area contributed by atoms with Gasteiger partial charge in [0.05, 0.1) is 28.9 Å². The van der Waals surface area contributed by atoms with E-state index in [4.69, 9.17) is 5.11 Å². The first kappa shape index (κ1) is 24.5. The normalized spacial score (nSPS) is 11.3. The van der Waals surface area contributed by atoms with Crippen molar-refractivity contribution >= 4 is 40.1 Å². The Morgan fingerprint density at radius 3 is 2.36 bits per heavy atom. The van der Waals surface area contributed by atoms with Crippen LogP contribution in [0.3, 0.4) is 0 Å². The monoisotopic (exact) mass is 495 g/mol. The first-order chi connectivity index (χ1) is 17.0. The van der Waals surface area contributed by atoms with E-state index in [-0.39, 0.29) is 16.8 Å². The number of anilines is 2. The van der Waals surface area contributed by atoms with Crippen LogP contribution in [0.5, 0.6) is 0 Å². The van der Waals surface area contributed by atoms with Crippen molar-refractivity contribution in [3.63, 3.8) is 0 Å². The topological polar surface area (TPSA) is 100 Å². The zero-order valence-corrected chi connectivity index (χ0v) is 18.9. The zero-order valence-electron chi connectivity index (χ0n) is 18.9. The molecule has 3 N–H and O–H groups in total. The van der Waals surface area contributed by atoms with Crippen molar-refractivity contribution in [1.29, 1.82) is 0 Å². The number of carboxylic acid groups (broad SMARTS) is 1. The van der Waals surface area contributed by atoms with Crippen LogP contribution in [-0.4, -0.2) is 27.5 Å². The molecule has 7 nitrogen and oxygen atoms in total. The maximum absolute atomic E-state index is 13.3. The van der Waals surface area contributed by atoms with Gasteiger partial charge < -0.3 is 15.0 Å². The quantitative estimate of drug-likeness (QED) is 0.217. The summed E-state index contributed by atoms with van der Waals surface area (Å²) in [5, 5.41) is 14.2. The Morgan fingerprint density at radius 1 is 0.917 bits per heavy atom. The molecule has 0 aliphatic heterocycles. The van der Waals surface area contributed by atoms with Gasteiger partial charge in [0.1, 0.15) is 0 Å². The molecule has 0 atom stereocenters. The third kappa shape index (κ3) is 5.22. The molecule has 0 fully saturated rings. The molecule has 0 saturated heterocycles. The Bertz CT molecular complexity index is 1490. The number of nitrogens with zero attached hydrogens (tertiary/aromatic N) is 1. The van der Waals surface area contributed by atoms with Crippen molar-refractivity contribution in [2.75, 3.05) is 10.6 Å². The number of aryl methyl sites for hydroxylation is 1. The molecule has 1 aromatic heterocycles. The van der Waals surface area contributed by atoms with Gasteiger partial charge in [0.25, 0.3) is 0 Å². The lowest BCUT2D eigenvalue weighted by atomic mass is 10.0. The van der Waals surface area contributed by atoms with Gasteiger partial charge in [-0.25, -0.2) is 4.79 Å². The van der Waals surface area contributed by atoms with Crippen molar-refractivity contribution in [2.24, 2.45) is 0 Å². The second-order valence-corrected chi connectivity index (χ2v) is 8.08. The molecule has 0 aliphatic carbocycles. The number of para-hydroxylation sites is 1. The lowest BCUT2D eigenvalue weighted by Crippen LogP contribution is -2.20. The van der Waals surface area contributed by atoms with Gasteiger partial charge in [-0.05, 0) is 54.3 Å². The highest BCUT2D eigenvalue weighted by molar-refractivity contribution is 6.12. The molecule has 0 aliphatic rings. The highest BCUT2D eigenvalue weighted by Crippen LogP contribution is 2.37. The van der Waals surface area contributed by atoms with E-state index < -0.39 is 41.6 Å². The van der Waals surface area contributed by atoms with Gasteiger partial charge in [0, 0.05) is 17.4 Å². The minimum atomic E-state index is -4.72. The Labute approximate surface area is 203 Å². The van der Waals surface area contributed by atoms with Gasteiger partial charge >= 0.3 is 12.3 Å². The van der Waals surface area contributed by atoms with Crippen LogP contribution in [0.15, 0.2) is 72.9 Å². The molecule has 4 aromatic rings. The number of aromatic nitrogens is 1. The minimum Gasteiger partial charge on any atom is -0.465 e. The fourth-order valence-corrected chi connectivity index (χ4v) is 3.92. The van der Waals surface area contributed by atoms with E-state index in [1.807, 2.05) is 46.4 Å². The van der Waals surface area contributed by atoms with Crippen LogP contribution >= 0.6 is 0 Å². The van der Waals surface area contributed by atoms with Crippen LogP contribution < -0.4 is 10.6 Å². The molecule has 4 rings (SSSR count). The van der Waals surface area contributed by atoms with Crippen molar-refractivity contribution < 1.29 is 32.7 Å². The van der Waals surface area contributed by atoms with Gasteiger partial charge in [0.15, 0.2) is 5.78 Å². The van der Waals surface area contributed by atoms with Crippen LogP contribution in [0.25, 0.3) is 16.6 Å². The van der Waals surface area contributed by atoms with Gasteiger partial charge in [-0.1, -0.05) is 30.3 Å². The van der Waals surface area contributed by atoms with Crippen LogP contribution in [0.4, 0.5) is 29.3 Å². The molecule has 36 heavy (non-hydrogen) atoms. The molecule has 0 saturated carbocycles. The molecule has 0 unspecified atom stereocenters. The summed E-state index contributed by atoms with van der Waals surface area (Å²) >= 11 is 0. The molecule has 184 valence electrons. The summed E-state index contributed by atoms with van der Waals surface area (Å²) in [6.45, 7) is 1.17. The number of halogens is 3. The number of rotatable bonds is 6. The van der Waals surface area contributed by atoms with Gasteiger partial charge in [-0.3, -0.25) is 14.9 Å². The number of fused-ring (bicyclic) bond motifs is 1. The predicted octanol–water partition coefficient (Wildman–Crippen LogP) is 6.26. The van der Waals surface area contributed by atoms with E-state index in [2.05, 4.69) is 5.32 Å². The van der Waals surface area contributed by atoms with Gasteiger partial charge in [0.2, 0.25) is 5.91 Å². The second-order valence-electron chi connectivity index (χ2n) is 8.08. The lowest BCUT2D eigenvalue weighted by molar-refractivity contribution is -0.138. The zero-order chi connectivity index (χ0) is 26.0. The molecule has 3 aromatic carbocycles. The van der Waals surface area contributed by atoms with E-state index in [1.165, 1.54) is 13.0 Å². The molecule has 10 heteroatoms. The summed E-state index contributed by atoms with van der Waals surface area (Å²) in [5.41, 5.74) is -0.0385. The number of hydrogen-bond donors (Lipinski definition) is 3. The third-order valence-corrected chi connectivity index (χ3v) is 5.55. The van der Waals surface area contributed by atoms with Gasteiger partial charge in [-0.2, -0.15) is 13.2 Å². The summed E-state index contributed by atoms with van der Waals surface area (Å²) < 4.78 is 41.9. The Balaban J connectivity index is 1.56. The highest BCUT2D eigenvalue weighted by atomic mass is 19.4. The number of carbonyl (C=O) groups excluding carboxylic acids is 2. The van der Waals surface area contributed by atoms with Crippen molar-refractivity contribution in [1.82, 2.24) is 4.57 Å². The predicted molar refractivity (Wildman–Crippen MR) is 129 cm³/mol. The third-order valence-electron chi connectivity index (χ3n) is 5.55. The number of benzene rings is 3. The van der Waals surface area contributed by atoms with E-state index in [1.54, 1.807) is 18.2 Å². The van der Waals surface area contributed by atoms with Crippen LogP contribution in [0.1, 0.15) is 27.9 Å². The molecular weight excluding hydrogens is 475 g/mol. The summed E-state index contributed by atoms with van der Waals surface area (Å²) in [6, 6.07) is 17.8. The lowest BCUT2D eigenvalue weighted by Gasteiger charge is -2.17. The fourth-order valence-electron chi connectivity index (χ4n) is 3.92. The number of amides is 2. The summed E-state index contributed by atoms with van der Waals surface area (Å²) in [7, 11) is 0. The minimum absolute atomic E-state index is 0.227. The molecular formula is C26H20F3N3O4. The Hall–Kier alpha value is -4.60. The number of hydrogen-bond acceptors (Lipinski definition) is 3. The van der Waals surface area contributed by atoms with E-state index in [0.29, 0.717) is 11.8 Å². The smallest absolute Gasteiger partial charge is 0.416 e. The van der Waals surface area contributed by atoms with Crippen LogP contribution in [0.2, 0.25) is 0 Å². The largest absolute Gasteiger partial charge is 0.465 e. The van der Waals surface area contributed by atoms with Crippen LogP contribution in [-0.2, 0) is 11.0 Å². The van der Waals surface area contributed by atoms with Gasteiger partial charge in [-0.15, -0.1) is 0 Å². The maximum Gasteiger partial charge on any atom is 0.416 e. The first-order valence-electron chi connectivity index (χ1n) is 10.7. The SMILES string of the molecule is Cc1cc(NC(=O)O)c(NC(=O)CC(=O)c2cccc(-n3ccc4ccccc43)c2)cc1C(F)(F)F. The molecule has 1 heterocycles. The Kier molecular flexibility index (Phi) is 6.52. The molecule has 0 bridgehead atoms. The molecule has 2 amide bonds. The number of carbonyl (C=O) groups is 3. The summed E-state index contributed by atoms with van der Waals surface area (Å²) in [6.07, 6.45) is -5.04. The number of ketones is 1. The second kappa shape index (κ2) is 9.57. The van der Waals surface area contributed by atoms with E-state index >= 15 is 0 Å². The van der Waals surface area contributed by atoms with Crippen molar-refractivity contribution in [3.05, 3.63) is 89.6 Å². The average molecular weight is 495 g/mol.